The van der Waals surface area contributed by atoms with Gasteiger partial charge in [-0.2, -0.15) is 0 Å². The summed E-state index contributed by atoms with van der Waals surface area (Å²) in [5.41, 5.74) is 2.85. The fourth-order valence-electron chi connectivity index (χ4n) is 2.08. The second-order valence-electron chi connectivity index (χ2n) is 4.20. The van der Waals surface area contributed by atoms with E-state index in [1.807, 2.05) is 36.4 Å². The van der Waals surface area contributed by atoms with Crippen LogP contribution in [0.25, 0.3) is 11.0 Å². The van der Waals surface area contributed by atoms with E-state index in [1.165, 1.54) is 0 Å². The molecule has 0 atom stereocenters. The summed E-state index contributed by atoms with van der Waals surface area (Å²) in [6, 6.07) is 11.5. The molecule has 96 valence electrons. The number of aromatic nitrogens is 3. The van der Waals surface area contributed by atoms with Crippen molar-refractivity contribution in [1.82, 2.24) is 14.5 Å². The summed E-state index contributed by atoms with van der Waals surface area (Å²) in [6.45, 7) is 0.654. The molecule has 3 aromatic rings. The van der Waals surface area contributed by atoms with Gasteiger partial charge in [0.2, 0.25) is 0 Å². The first-order valence-corrected chi connectivity index (χ1v) is 6.80. The Bertz CT molecular complexity index is 707. The lowest BCUT2D eigenvalue weighted by Crippen LogP contribution is -2.05. The predicted molar refractivity (Wildman–Crippen MR) is 77.6 cm³/mol. The van der Waals surface area contributed by atoms with Crippen LogP contribution in [-0.2, 0) is 12.4 Å². The highest BCUT2D eigenvalue weighted by Crippen LogP contribution is 2.22. The Labute approximate surface area is 120 Å². The van der Waals surface area contributed by atoms with E-state index in [1.54, 1.807) is 6.20 Å². The molecule has 0 unspecified atom stereocenters. The van der Waals surface area contributed by atoms with E-state index in [4.69, 9.17) is 23.2 Å². The normalized spacial score (nSPS) is 11.1. The van der Waals surface area contributed by atoms with E-state index in [0.29, 0.717) is 17.4 Å². The van der Waals surface area contributed by atoms with E-state index in [9.17, 15) is 0 Å². The zero-order chi connectivity index (χ0) is 13.2. The van der Waals surface area contributed by atoms with Gasteiger partial charge in [-0.25, -0.2) is 4.98 Å². The van der Waals surface area contributed by atoms with Crippen molar-refractivity contribution in [1.29, 1.82) is 0 Å². The van der Waals surface area contributed by atoms with Crippen molar-refractivity contribution < 1.29 is 0 Å². The van der Waals surface area contributed by atoms with Gasteiger partial charge < -0.3 is 4.57 Å². The van der Waals surface area contributed by atoms with Gasteiger partial charge in [-0.15, -0.1) is 11.6 Å². The van der Waals surface area contributed by atoms with Gasteiger partial charge >= 0.3 is 0 Å². The molecule has 0 radical (unpaired) electrons. The van der Waals surface area contributed by atoms with Crippen molar-refractivity contribution >= 4 is 34.2 Å². The summed E-state index contributed by atoms with van der Waals surface area (Å²) in [6.07, 6.45) is 1.78. The van der Waals surface area contributed by atoms with Gasteiger partial charge in [0.1, 0.15) is 5.82 Å². The van der Waals surface area contributed by atoms with Crippen LogP contribution in [0.1, 0.15) is 11.5 Å². The third-order valence-corrected chi connectivity index (χ3v) is 3.43. The van der Waals surface area contributed by atoms with Gasteiger partial charge in [-0.3, -0.25) is 4.98 Å². The van der Waals surface area contributed by atoms with Crippen LogP contribution in [0.15, 0.2) is 42.6 Å². The SMILES string of the molecule is ClCc1nc2cc(Cl)ccc2n1Cc1ccccn1. The summed E-state index contributed by atoms with van der Waals surface area (Å²) in [7, 11) is 0. The van der Waals surface area contributed by atoms with Crippen LogP contribution >= 0.6 is 23.2 Å². The first kappa shape index (κ1) is 12.5. The molecule has 0 amide bonds. The molecule has 3 nitrogen and oxygen atoms in total. The molecule has 0 aliphatic heterocycles. The van der Waals surface area contributed by atoms with Gasteiger partial charge in [0.05, 0.1) is 29.2 Å². The summed E-state index contributed by atoms with van der Waals surface area (Å²) >= 11 is 12.0. The maximum atomic E-state index is 5.99. The van der Waals surface area contributed by atoms with Crippen LogP contribution in [-0.4, -0.2) is 14.5 Å². The Balaban J connectivity index is 2.11. The second kappa shape index (κ2) is 5.19. The molecule has 0 aliphatic rings. The van der Waals surface area contributed by atoms with E-state index < -0.39 is 0 Å². The minimum absolute atomic E-state index is 0.360. The monoisotopic (exact) mass is 291 g/mol. The quantitative estimate of drug-likeness (QED) is 0.686. The molecule has 0 spiro atoms. The number of imidazole rings is 1. The highest BCUT2D eigenvalue weighted by atomic mass is 35.5. The van der Waals surface area contributed by atoms with Crippen LogP contribution in [0, 0.1) is 0 Å². The highest BCUT2D eigenvalue weighted by molar-refractivity contribution is 6.31. The molecule has 2 aromatic heterocycles. The van der Waals surface area contributed by atoms with Crippen molar-refractivity contribution in [3.63, 3.8) is 0 Å². The molecular weight excluding hydrogens is 281 g/mol. The van der Waals surface area contributed by atoms with Gasteiger partial charge in [-0.1, -0.05) is 17.7 Å². The number of rotatable bonds is 3. The largest absolute Gasteiger partial charge is 0.321 e. The number of halogens is 2. The Morgan fingerprint density at radius 1 is 1.16 bits per heavy atom. The van der Waals surface area contributed by atoms with Crippen LogP contribution in [0.5, 0.6) is 0 Å². The summed E-state index contributed by atoms with van der Waals surface area (Å²) in [5, 5.41) is 0.677. The number of hydrogen-bond acceptors (Lipinski definition) is 2. The predicted octanol–water partition coefficient (Wildman–Crippen LogP) is 3.87. The first-order valence-electron chi connectivity index (χ1n) is 5.88. The molecule has 0 saturated carbocycles. The van der Waals surface area contributed by atoms with Crippen molar-refractivity contribution in [3.8, 4) is 0 Å². The Kier molecular flexibility index (Phi) is 3.40. The van der Waals surface area contributed by atoms with Crippen molar-refractivity contribution in [2.45, 2.75) is 12.4 Å². The topological polar surface area (TPSA) is 30.7 Å². The summed E-state index contributed by atoms with van der Waals surface area (Å²) in [4.78, 5) is 8.84. The van der Waals surface area contributed by atoms with E-state index in [0.717, 1.165) is 22.6 Å². The molecule has 1 aromatic carbocycles. The number of alkyl halides is 1. The standard InChI is InChI=1S/C14H11Cl2N3/c15-8-14-18-12-7-10(16)4-5-13(12)19(14)9-11-3-1-2-6-17-11/h1-7H,8-9H2. The lowest BCUT2D eigenvalue weighted by molar-refractivity contribution is 0.758. The van der Waals surface area contributed by atoms with E-state index in [-0.39, 0.29) is 0 Å². The summed E-state index contributed by atoms with van der Waals surface area (Å²) in [5.74, 6) is 1.18. The molecule has 0 bridgehead atoms. The van der Waals surface area contributed by atoms with E-state index in [2.05, 4.69) is 14.5 Å². The van der Waals surface area contributed by atoms with Gasteiger partial charge in [-0.05, 0) is 30.3 Å². The molecule has 0 fully saturated rings. The zero-order valence-electron chi connectivity index (χ0n) is 10.1. The van der Waals surface area contributed by atoms with Crippen LogP contribution in [0.3, 0.4) is 0 Å². The smallest absolute Gasteiger partial charge is 0.125 e. The number of benzene rings is 1. The van der Waals surface area contributed by atoms with Crippen molar-refractivity contribution in [2.24, 2.45) is 0 Å². The van der Waals surface area contributed by atoms with Crippen LogP contribution in [0.2, 0.25) is 5.02 Å². The highest BCUT2D eigenvalue weighted by Gasteiger charge is 2.11. The van der Waals surface area contributed by atoms with Crippen LogP contribution < -0.4 is 0 Å². The Morgan fingerprint density at radius 2 is 2.05 bits per heavy atom. The number of hydrogen-bond donors (Lipinski definition) is 0. The molecular formula is C14H11Cl2N3. The lowest BCUT2D eigenvalue weighted by atomic mass is 10.3. The van der Waals surface area contributed by atoms with Gasteiger partial charge in [0, 0.05) is 11.2 Å². The van der Waals surface area contributed by atoms with E-state index >= 15 is 0 Å². The number of nitrogens with zero attached hydrogens (tertiary/aromatic N) is 3. The molecule has 5 heteroatoms. The maximum absolute atomic E-state index is 5.99. The fraction of sp³-hybridized carbons (Fsp3) is 0.143. The average molecular weight is 292 g/mol. The van der Waals surface area contributed by atoms with Gasteiger partial charge in [0.25, 0.3) is 0 Å². The summed E-state index contributed by atoms with van der Waals surface area (Å²) < 4.78 is 2.07. The zero-order valence-corrected chi connectivity index (χ0v) is 11.6. The molecule has 0 aliphatic carbocycles. The third kappa shape index (κ3) is 2.44. The maximum Gasteiger partial charge on any atom is 0.125 e. The Morgan fingerprint density at radius 3 is 2.79 bits per heavy atom. The lowest BCUT2D eigenvalue weighted by Gasteiger charge is -2.07. The third-order valence-electron chi connectivity index (χ3n) is 2.96. The molecule has 0 N–H and O–H groups in total. The fourth-order valence-corrected chi connectivity index (χ4v) is 2.46. The minimum atomic E-state index is 0.360. The minimum Gasteiger partial charge on any atom is -0.321 e. The first-order chi connectivity index (χ1) is 9.28. The average Bonchev–Trinajstić information content (AvgIpc) is 2.77. The number of pyridine rings is 1. The Hall–Kier alpha value is -1.58. The molecule has 0 saturated heterocycles. The van der Waals surface area contributed by atoms with Crippen molar-refractivity contribution in [2.75, 3.05) is 0 Å². The molecule has 2 heterocycles. The van der Waals surface area contributed by atoms with Crippen LogP contribution in [0.4, 0.5) is 0 Å². The molecule has 19 heavy (non-hydrogen) atoms. The van der Waals surface area contributed by atoms with Gasteiger partial charge in [0.15, 0.2) is 0 Å². The molecule has 3 rings (SSSR count). The number of fused-ring (bicyclic) bond motifs is 1. The second-order valence-corrected chi connectivity index (χ2v) is 4.91. The van der Waals surface area contributed by atoms with Crippen molar-refractivity contribution in [3.05, 3.63) is 59.1 Å².